The minimum absolute atomic E-state index is 0.0985. The monoisotopic (exact) mass is 282 g/mol. The van der Waals surface area contributed by atoms with E-state index in [0.717, 1.165) is 18.8 Å². The van der Waals surface area contributed by atoms with Gasteiger partial charge in [-0.15, -0.1) is 0 Å². The predicted molar refractivity (Wildman–Crippen MR) is 75.9 cm³/mol. The van der Waals surface area contributed by atoms with Crippen molar-refractivity contribution in [2.45, 2.75) is 45.1 Å². The largest absolute Gasteiger partial charge is 0.478 e. The van der Waals surface area contributed by atoms with Crippen LogP contribution in [0.15, 0.2) is 12.3 Å². The Morgan fingerprint density at radius 3 is 2.74 bits per heavy atom. The van der Waals surface area contributed by atoms with Gasteiger partial charge < -0.3 is 10.4 Å². The number of hydrogen-bond donors (Lipinski definition) is 2. The van der Waals surface area contributed by atoms with Crippen molar-refractivity contribution in [3.05, 3.63) is 22.8 Å². The average Bonchev–Trinajstić information content (AvgIpc) is 2.41. The summed E-state index contributed by atoms with van der Waals surface area (Å²) < 4.78 is 0. The van der Waals surface area contributed by atoms with Gasteiger partial charge in [-0.1, -0.05) is 24.9 Å². The van der Waals surface area contributed by atoms with Crippen LogP contribution in [0, 0.1) is 5.92 Å². The van der Waals surface area contributed by atoms with Crippen molar-refractivity contribution < 1.29 is 9.90 Å². The Balaban J connectivity index is 2.04. The molecule has 0 saturated heterocycles. The molecular weight excluding hydrogens is 264 g/mol. The van der Waals surface area contributed by atoms with E-state index >= 15 is 0 Å². The number of carboxylic acids is 1. The van der Waals surface area contributed by atoms with Gasteiger partial charge in [0.25, 0.3) is 0 Å². The highest BCUT2D eigenvalue weighted by Gasteiger charge is 2.21. The first-order chi connectivity index (χ1) is 9.11. The van der Waals surface area contributed by atoms with Crippen LogP contribution in [0.1, 0.15) is 49.4 Å². The van der Waals surface area contributed by atoms with Crippen LogP contribution in [0.3, 0.4) is 0 Å². The second-order valence-electron chi connectivity index (χ2n) is 5.10. The number of aromatic nitrogens is 1. The second kappa shape index (κ2) is 6.24. The van der Waals surface area contributed by atoms with Crippen molar-refractivity contribution >= 4 is 23.4 Å². The first-order valence-corrected chi connectivity index (χ1v) is 7.14. The Morgan fingerprint density at radius 1 is 1.47 bits per heavy atom. The summed E-state index contributed by atoms with van der Waals surface area (Å²) in [5.41, 5.74) is 0.0985. The van der Waals surface area contributed by atoms with Gasteiger partial charge in [0.2, 0.25) is 0 Å². The molecule has 1 heterocycles. The Kier molecular flexibility index (Phi) is 4.64. The molecule has 1 aromatic heterocycles. The number of pyridine rings is 1. The summed E-state index contributed by atoms with van der Waals surface area (Å²) in [6.45, 7) is 2.23. The zero-order valence-corrected chi connectivity index (χ0v) is 11.8. The minimum Gasteiger partial charge on any atom is -0.478 e. The second-order valence-corrected chi connectivity index (χ2v) is 5.47. The lowest BCUT2D eigenvalue weighted by molar-refractivity contribution is 0.0697. The van der Waals surface area contributed by atoms with Crippen molar-refractivity contribution in [3.63, 3.8) is 0 Å². The molecular formula is C14H19ClN2O2. The fourth-order valence-electron chi connectivity index (χ4n) is 2.62. The number of aromatic carboxylic acids is 1. The molecule has 0 bridgehead atoms. The number of rotatable bonds is 4. The molecule has 1 aromatic rings. The number of hydrogen-bond acceptors (Lipinski definition) is 3. The van der Waals surface area contributed by atoms with Gasteiger partial charge >= 0.3 is 5.97 Å². The first-order valence-electron chi connectivity index (χ1n) is 6.76. The van der Waals surface area contributed by atoms with E-state index in [4.69, 9.17) is 16.7 Å². The molecule has 104 valence electrons. The predicted octanol–water partition coefficient (Wildman–Crippen LogP) is 3.81. The van der Waals surface area contributed by atoms with E-state index in [0.29, 0.717) is 11.9 Å². The lowest BCUT2D eigenvalue weighted by atomic mass is 9.84. The molecule has 0 atom stereocenters. The van der Waals surface area contributed by atoms with E-state index in [-0.39, 0.29) is 10.6 Å². The zero-order chi connectivity index (χ0) is 13.8. The van der Waals surface area contributed by atoms with Gasteiger partial charge in [-0.05, 0) is 37.7 Å². The van der Waals surface area contributed by atoms with E-state index in [1.165, 1.54) is 31.5 Å². The van der Waals surface area contributed by atoms with Crippen LogP contribution < -0.4 is 5.32 Å². The molecule has 19 heavy (non-hydrogen) atoms. The number of carboxylic acid groups (broad SMARTS) is 1. The van der Waals surface area contributed by atoms with E-state index in [9.17, 15) is 4.79 Å². The summed E-state index contributed by atoms with van der Waals surface area (Å²) in [5, 5.41) is 12.5. The molecule has 2 N–H and O–H groups in total. The van der Waals surface area contributed by atoms with Gasteiger partial charge in [0, 0.05) is 12.2 Å². The van der Waals surface area contributed by atoms with Crippen molar-refractivity contribution in [1.82, 2.24) is 4.98 Å². The highest BCUT2D eigenvalue weighted by atomic mass is 35.5. The van der Waals surface area contributed by atoms with Crippen LogP contribution >= 0.6 is 11.6 Å². The highest BCUT2D eigenvalue weighted by Crippen LogP contribution is 2.30. The fraction of sp³-hybridized carbons (Fsp3) is 0.571. The Bertz CT molecular complexity index is 457. The smallest absolute Gasteiger partial charge is 0.337 e. The third kappa shape index (κ3) is 3.38. The quantitative estimate of drug-likeness (QED) is 0.881. The Hall–Kier alpha value is -1.29. The molecule has 0 unspecified atom stereocenters. The Labute approximate surface area is 118 Å². The maximum absolute atomic E-state index is 11.0. The lowest BCUT2D eigenvalue weighted by Gasteiger charge is -2.29. The molecule has 5 heteroatoms. The number of halogens is 1. The summed E-state index contributed by atoms with van der Waals surface area (Å²) in [7, 11) is 0. The number of carbonyl (C=O) groups is 1. The van der Waals surface area contributed by atoms with Crippen LogP contribution in [0.2, 0.25) is 5.02 Å². The summed E-state index contributed by atoms with van der Waals surface area (Å²) >= 11 is 6.07. The fourth-order valence-corrected chi connectivity index (χ4v) is 2.87. The molecule has 0 aromatic carbocycles. The van der Waals surface area contributed by atoms with Crippen LogP contribution in [0.5, 0.6) is 0 Å². The molecule has 2 rings (SSSR count). The van der Waals surface area contributed by atoms with E-state index in [1.807, 2.05) is 0 Å². The van der Waals surface area contributed by atoms with Crippen LogP contribution in [0.4, 0.5) is 5.82 Å². The molecule has 1 fully saturated rings. The van der Waals surface area contributed by atoms with Crippen molar-refractivity contribution in [2.75, 3.05) is 5.32 Å². The van der Waals surface area contributed by atoms with Gasteiger partial charge in [-0.3, -0.25) is 0 Å². The minimum atomic E-state index is -1.02. The van der Waals surface area contributed by atoms with Gasteiger partial charge in [0.05, 0.1) is 10.6 Å². The summed E-state index contributed by atoms with van der Waals surface area (Å²) in [5.74, 6) is 0.290. The normalized spacial score (nSPS) is 23.1. The van der Waals surface area contributed by atoms with Crippen molar-refractivity contribution in [1.29, 1.82) is 0 Å². The molecule has 4 nitrogen and oxygen atoms in total. The number of nitrogens with zero attached hydrogens (tertiary/aromatic N) is 1. The molecule has 0 radical (unpaired) electrons. The lowest BCUT2D eigenvalue weighted by Crippen LogP contribution is -2.26. The van der Waals surface area contributed by atoms with Gasteiger partial charge in [-0.25, -0.2) is 9.78 Å². The first kappa shape index (κ1) is 14.1. The maximum Gasteiger partial charge on any atom is 0.337 e. The SMILES string of the molecule is CCC1CCC(Nc2nccc(C(=O)O)c2Cl)CC1. The number of anilines is 1. The number of nitrogens with one attached hydrogen (secondary N) is 1. The highest BCUT2D eigenvalue weighted by molar-refractivity contribution is 6.35. The molecule has 0 aliphatic heterocycles. The molecule has 0 amide bonds. The molecule has 1 aliphatic rings. The van der Waals surface area contributed by atoms with Crippen molar-refractivity contribution in [2.24, 2.45) is 5.92 Å². The Morgan fingerprint density at radius 2 is 2.16 bits per heavy atom. The van der Waals surface area contributed by atoms with E-state index < -0.39 is 5.97 Å². The van der Waals surface area contributed by atoms with E-state index in [2.05, 4.69) is 17.2 Å². The molecule has 1 aliphatic carbocycles. The van der Waals surface area contributed by atoms with Crippen molar-refractivity contribution in [3.8, 4) is 0 Å². The van der Waals surface area contributed by atoms with Gasteiger partial charge in [0.15, 0.2) is 0 Å². The standard InChI is InChI=1S/C14H19ClN2O2/c1-2-9-3-5-10(6-4-9)17-13-12(15)11(14(18)19)7-8-16-13/h7-10H,2-6H2,1H3,(H,16,17)(H,18,19). The third-order valence-electron chi connectivity index (χ3n) is 3.88. The summed E-state index contributed by atoms with van der Waals surface area (Å²) in [6, 6.07) is 1.76. The summed E-state index contributed by atoms with van der Waals surface area (Å²) in [4.78, 5) is 15.2. The van der Waals surface area contributed by atoms with Gasteiger partial charge in [0.1, 0.15) is 5.82 Å². The summed E-state index contributed by atoms with van der Waals surface area (Å²) in [6.07, 6.45) is 7.33. The van der Waals surface area contributed by atoms with Crippen LogP contribution in [0.25, 0.3) is 0 Å². The maximum atomic E-state index is 11.0. The molecule has 0 spiro atoms. The van der Waals surface area contributed by atoms with E-state index in [1.54, 1.807) is 0 Å². The van der Waals surface area contributed by atoms with Crippen LogP contribution in [-0.4, -0.2) is 22.1 Å². The zero-order valence-electron chi connectivity index (χ0n) is 11.0. The van der Waals surface area contributed by atoms with Crippen LogP contribution in [-0.2, 0) is 0 Å². The molecule has 1 saturated carbocycles. The average molecular weight is 283 g/mol. The topological polar surface area (TPSA) is 62.2 Å². The third-order valence-corrected chi connectivity index (χ3v) is 4.27. The van der Waals surface area contributed by atoms with Gasteiger partial charge in [-0.2, -0.15) is 0 Å².